The number of amides is 1. The Morgan fingerprint density at radius 3 is 2.63 bits per heavy atom. The minimum absolute atomic E-state index is 0.161. The molecule has 1 aromatic heterocycles. The lowest BCUT2D eigenvalue weighted by Crippen LogP contribution is -2.15. The minimum Gasteiger partial charge on any atom is -0.486 e. The highest BCUT2D eigenvalue weighted by molar-refractivity contribution is 7.99. The Morgan fingerprint density at radius 2 is 1.93 bits per heavy atom. The molecule has 0 radical (unpaired) electrons. The van der Waals surface area contributed by atoms with Crippen LogP contribution in [0.2, 0.25) is 15.1 Å². The lowest BCUT2D eigenvalue weighted by molar-refractivity contribution is -0.113. The molecular formula is C20H19Cl3N4O2S. The maximum atomic E-state index is 12.3. The molecule has 158 valence electrons. The minimum atomic E-state index is -0.204. The van der Waals surface area contributed by atoms with E-state index < -0.39 is 0 Å². The first kappa shape index (κ1) is 22.7. The third-order valence-corrected chi connectivity index (χ3v) is 6.08. The number of nitrogens with zero attached hydrogens (tertiary/aromatic N) is 3. The summed E-state index contributed by atoms with van der Waals surface area (Å²) < 4.78 is 7.73. The second-order valence-corrected chi connectivity index (χ2v) is 8.50. The van der Waals surface area contributed by atoms with Crippen molar-refractivity contribution in [2.45, 2.75) is 32.2 Å². The number of halogens is 3. The van der Waals surface area contributed by atoms with E-state index in [0.717, 1.165) is 5.56 Å². The first-order valence-electron chi connectivity index (χ1n) is 9.06. The third kappa shape index (κ3) is 5.82. The predicted molar refractivity (Wildman–Crippen MR) is 122 cm³/mol. The zero-order valence-corrected chi connectivity index (χ0v) is 19.4. The zero-order chi connectivity index (χ0) is 21.7. The van der Waals surface area contributed by atoms with Gasteiger partial charge in [-0.1, -0.05) is 46.6 Å². The normalized spacial score (nSPS) is 10.8. The van der Waals surface area contributed by atoms with Crippen molar-refractivity contribution in [3.05, 3.63) is 62.9 Å². The summed E-state index contributed by atoms with van der Waals surface area (Å²) >= 11 is 19.3. The van der Waals surface area contributed by atoms with E-state index in [4.69, 9.17) is 39.5 Å². The molecule has 2 aromatic carbocycles. The Bertz CT molecular complexity index is 1060. The van der Waals surface area contributed by atoms with Crippen LogP contribution in [-0.2, 0) is 17.9 Å². The van der Waals surface area contributed by atoms with Crippen molar-refractivity contribution in [3.63, 3.8) is 0 Å². The van der Waals surface area contributed by atoms with Gasteiger partial charge in [-0.25, -0.2) is 0 Å². The SMILES string of the molecule is CCn1c(COc2ccc(Cl)c(C)c2)nnc1SCC(=O)Nc1ccc(Cl)cc1Cl. The molecule has 10 heteroatoms. The molecule has 1 heterocycles. The fourth-order valence-electron chi connectivity index (χ4n) is 2.61. The van der Waals surface area contributed by atoms with Gasteiger partial charge in [-0.3, -0.25) is 4.79 Å². The van der Waals surface area contributed by atoms with Gasteiger partial charge < -0.3 is 14.6 Å². The summed E-state index contributed by atoms with van der Waals surface area (Å²) in [6.07, 6.45) is 0. The van der Waals surface area contributed by atoms with E-state index in [1.807, 2.05) is 30.5 Å². The molecule has 0 aliphatic rings. The largest absolute Gasteiger partial charge is 0.486 e. The van der Waals surface area contributed by atoms with Crippen LogP contribution in [0.4, 0.5) is 5.69 Å². The molecule has 1 N–H and O–H groups in total. The smallest absolute Gasteiger partial charge is 0.234 e. The molecule has 0 saturated carbocycles. The van der Waals surface area contributed by atoms with Gasteiger partial charge in [-0.2, -0.15) is 0 Å². The van der Waals surface area contributed by atoms with Gasteiger partial charge in [0.15, 0.2) is 11.0 Å². The van der Waals surface area contributed by atoms with Crippen molar-refractivity contribution in [2.75, 3.05) is 11.1 Å². The Morgan fingerprint density at radius 1 is 1.13 bits per heavy atom. The van der Waals surface area contributed by atoms with Gasteiger partial charge in [0.2, 0.25) is 5.91 Å². The first-order valence-corrected chi connectivity index (χ1v) is 11.2. The molecule has 3 aromatic rings. The molecule has 6 nitrogen and oxygen atoms in total. The summed E-state index contributed by atoms with van der Waals surface area (Å²) in [4.78, 5) is 12.3. The molecule has 0 bridgehead atoms. The van der Waals surface area contributed by atoms with Crippen molar-refractivity contribution < 1.29 is 9.53 Å². The highest BCUT2D eigenvalue weighted by Crippen LogP contribution is 2.26. The maximum absolute atomic E-state index is 12.3. The molecule has 30 heavy (non-hydrogen) atoms. The van der Waals surface area contributed by atoms with Gasteiger partial charge in [-0.15, -0.1) is 10.2 Å². The van der Waals surface area contributed by atoms with Crippen LogP contribution in [-0.4, -0.2) is 26.4 Å². The fourth-order valence-corrected chi connectivity index (χ4v) is 4.01. The van der Waals surface area contributed by atoms with Gasteiger partial charge in [0.05, 0.1) is 16.5 Å². The lowest BCUT2D eigenvalue weighted by atomic mass is 10.2. The Hall–Kier alpha value is -1.93. The van der Waals surface area contributed by atoms with E-state index in [1.165, 1.54) is 11.8 Å². The first-order chi connectivity index (χ1) is 14.4. The van der Waals surface area contributed by atoms with E-state index >= 15 is 0 Å². The zero-order valence-electron chi connectivity index (χ0n) is 16.3. The molecule has 0 aliphatic heterocycles. The van der Waals surface area contributed by atoms with Gasteiger partial charge >= 0.3 is 0 Å². The molecule has 0 atom stereocenters. The second kappa shape index (κ2) is 10.4. The maximum Gasteiger partial charge on any atom is 0.234 e. The van der Waals surface area contributed by atoms with Gasteiger partial charge in [0, 0.05) is 16.6 Å². The topological polar surface area (TPSA) is 69.0 Å². The number of hydrogen-bond acceptors (Lipinski definition) is 5. The number of benzene rings is 2. The van der Waals surface area contributed by atoms with Crippen LogP contribution in [0.3, 0.4) is 0 Å². The van der Waals surface area contributed by atoms with Crippen LogP contribution < -0.4 is 10.1 Å². The Labute approximate surface area is 193 Å². The van der Waals surface area contributed by atoms with E-state index in [-0.39, 0.29) is 18.3 Å². The molecule has 0 aliphatic carbocycles. The number of thioether (sulfide) groups is 1. The van der Waals surface area contributed by atoms with Crippen LogP contribution in [0.1, 0.15) is 18.3 Å². The number of carbonyl (C=O) groups is 1. The Balaban J connectivity index is 1.59. The van der Waals surface area contributed by atoms with Crippen molar-refractivity contribution in [2.24, 2.45) is 0 Å². The lowest BCUT2D eigenvalue weighted by Gasteiger charge is -2.10. The highest BCUT2D eigenvalue weighted by Gasteiger charge is 2.14. The average Bonchev–Trinajstić information content (AvgIpc) is 3.11. The molecule has 1 amide bonds. The second-order valence-electron chi connectivity index (χ2n) is 6.30. The van der Waals surface area contributed by atoms with Crippen LogP contribution in [0.25, 0.3) is 0 Å². The molecule has 0 unspecified atom stereocenters. The number of nitrogens with one attached hydrogen (secondary N) is 1. The molecular weight excluding hydrogens is 467 g/mol. The van der Waals surface area contributed by atoms with E-state index in [9.17, 15) is 4.79 Å². The quantitative estimate of drug-likeness (QED) is 0.404. The molecule has 3 rings (SSSR count). The summed E-state index contributed by atoms with van der Waals surface area (Å²) in [5.41, 5.74) is 1.45. The van der Waals surface area contributed by atoms with Crippen molar-refractivity contribution >= 4 is 58.2 Å². The highest BCUT2D eigenvalue weighted by atomic mass is 35.5. The third-order valence-electron chi connectivity index (χ3n) is 4.14. The molecule has 0 saturated heterocycles. The number of ether oxygens (including phenoxy) is 1. The average molecular weight is 486 g/mol. The monoisotopic (exact) mass is 484 g/mol. The summed E-state index contributed by atoms with van der Waals surface area (Å²) in [5, 5.41) is 13.4. The number of anilines is 1. The van der Waals surface area contributed by atoms with Crippen molar-refractivity contribution in [1.82, 2.24) is 14.8 Å². The summed E-state index contributed by atoms with van der Waals surface area (Å²) in [6, 6.07) is 10.4. The van der Waals surface area contributed by atoms with Crippen LogP contribution in [0.15, 0.2) is 41.6 Å². The summed E-state index contributed by atoms with van der Waals surface area (Å²) in [7, 11) is 0. The number of aryl methyl sites for hydroxylation is 1. The fraction of sp³-hybridized carbons (Fsp3) is 0.250. The van der Waals surface area contributed by atoms with Crippen LogP contribution in [0.5, 0.6) is 5.75 Å². The number of rotatable bonds is 8. The van der Waals surface area contributed by atoms with E-state index in [0.29, 0.717) is 44.0 Å². The van der Waals surface area contributed by atoms with Gasteiger partial charge in [0.1, 0.15) is 12.4 Å². The van der Waals surface area contributed by atoms with Gasteiger partial charge in [-0.05, 0) is 55.8 Å². The van der Waals surface area contributed by atoms with Crippen LogP contribution >= 0.6 is 46.6 Å². The number of carbonyl (C=O) groups excluding carboxylic acids is 1. The van der Waals surface area contributed by atoms with E-state index in [1.54, 1.807) is 24.3 Å². The standard InChI is InChI=1S/C20H19Cl3N4O2S/c1-3-27-18(10-29-14-5-6-15(22)12(2)8-14)25-26-20(27)30-11-19(28)24-17-7-4-13(21)9-16(17)23/h4-9H,3,10-11H2,1-2H3,(H,24,28). The molecule has 0 spiro atoms. The number of hydrogen-bond donors (Lipinski definition) is 1. The van der Waals surface area contributed by atoms with Crippen molar-refractivity contribution in [1.29, 1.82) is 0 Å². The Kier molecular flexibility index (Phi) is 7.88. The number of aromatic nitrogens is 3. The van der Waals surface area contributed by atoms with Crippen LogP contribution in [0, 0.1) is 6.92 Å². The van der Waals surface area contributed by atoms with E-state index in [2.05, 4.69) is 15.5 Å². The van der Waals surface area contributed by atoms with Crippen molar-refractivity contribution in [3.8, 4) is 5.75 Å². The van der Waals surface area contributed by atoms with Gasteiger partial charge in [0.25, 0.3) is 0 Å². The summed E-state index contributed by atoms with van der Waals surface area (Å²) in [6.45, 7) is 4.81. The molecule has 0 fully saturated rings. The summed E-state index contributed by atoms with van der Waals surface area (Å²) in [5.74, 6) is 1.34. The predicted octanol–water partition coefficient (Wildman–Crippen LogP) is 5.88.